The second-order valence-electron chi connectivity index (χ2n) is 6.34. The monoisotopic (exact) mass is 299 g/mol. The number of aryl methyl sites for hydroxylation is 2. The van der Waals surface area contributed by atoms with Crippen LogP contribution in [0, 0.1) is 19.8 Å². The van der Waals surface area contributed by atoms with Crippen molar-refractivity contribution in [2.45, 2.75) is 64.7 Å². The van der Waals surface area contributed by atoms with Gasteiger partial charge in [0.25, 0.3) is 0 Å². The van der Waals surface area contributed by atoms with Crippen LogP contribution < -0.4 is 5.32 Å². The fourth-order valence-corrected chi connectivity index (χ4v) is 3.34. The smallest absolute Gasteiger partial charge is 0.307 e. The third kappa shape index (κ3) is 4.22. The Labute approximate surface area is 124 Å². The molecule has 1 saturated carbocycles. The van der Waals surface area contributed by atoms with E-state index < -0.39 is 12.1 Å². The molecule has 0 amide bonds. The molecule has 1 N–H and O–H groups in total. The van der Waals surface area contributed by atoms with Gasteiger partial charge in [0, 0.05) is 12.1 Å². The third-order valence-corrected chi connectivity index (χ3v) is 4.57. The Morgan fingerprint density at radius 2 is 1.71 bits per heavy atom. The molecule has 0 heterocycles. The van der Waals surface area contributed by atoms with Crippen molar-refractivity contribution in [3.63, 3.8) is 0 Å². The Balaban J connectivity index is 1.91. The van der Waals surface area contributed by atoms with Gasteiger partial charge in [-0.1, -0.05) is 23.8 Å². The van der Waals surface area contributed by atoms with Crippen LogP contribution in [0.3, 0.4) is 0 Å². The Morgan fingerprint density at radius 1 is 1.10 bits per heavy atom. The molecule has 1 aromatic rings. The molecular weight excluding hydrogens is 275 g/mol. The summed E-state index contributed by atoms with van der Waals surface area (Å²) in [7, 11) is 0. The van der Waals surface area contributed by atoms with E-state index in [0.29, 0.717) is 12.8 Å². The quantitative estimate of drug-likeness (QED) is 0.821. The largest absolute Gasteiger partial charge is 0.391 e. The van der Waals surface area contributed by atoms with E-state index in [1.165, 1.54) is 16.7 Å². The zero-order valence-electron chi connectivity index (χ0n) is 12.9. The second kappa shape index (κ2) is 6.39. The van der Waals surface area contributed by atoms with Crippen LogP contribution in [0.15, 0.2) is 18.2 Å². The summed E-state index contributed by atoms with van der Waals surface area (Å²) in [6.07, 6.45) is -2.30. The van der Waals surface area contributed by atoms with E-state index in [9.17, 15) is 13.2 Å². The molecule has 0 spiro atoms. The van der Waals surface area contributed by atoms with Crippen LogP contribution in [-0.2, 0) is 0 Å². The highest BCUT2D eigenvalue weighted by Gasteiger charge is 2.41. The Bertz CT molecular complexity index is 473. The van der Waals surface area contributed by atoms with Crippen molar-refractivity contribution in [2.24, 2.45) is 5.92 Å². The molecule has 4 heteroatoms. The van der Waals surface area contributed by atoms with Crippen LogP contribution in [0.1, 0.15) is 55.3 Å². The summed E-state index contributed by atoms with van der Waals surface area (Å²) in [6.45, 7) is 6.24. The zero-order chi connectivity index (χ0) is 15.6. The first kappa shape index (κ1) is 16.3. The van der Waals surface area contributed by atoms with Gasteiger partial charge in [-0.2, -0.15) is 13.2 Å². The van der Waals surface area contributed by atoms with Crippen LogP contribution in [0.4, 0.5) is 13.2 Å². The van der Waals surface area contributed by atoms with Gasteiger partial charge < -0.3 is 5.32 Å². The molecule has 0 aromatic heterocycles. The number of alkyl halides is 3. The molecule has 1 nitrogen and oxygen atoms in total. The highest BCUT2D eigenvalue weighted by Crippen LogP contribution is 2.38. The van der Waals surface area contributed by atoms with Crippen molar-refractivity contribution in [3.05, 3.63) is 34.9 Å². The average Bonchev–Trinajstić information content (AvgIpc) is 2.38. The van der Waals surface area contributed by atoms with E-state index in [1.54, 1.807) is 0 Å². The second-order valence-corrected chi connectivity index (χ2v) is 6.34. The van der Waals surface area contributed by atoms with Crippen molar-refractivity contribution in [1.29, 1.82) is 0 Å². The Kier molecular flexibility index (Phi) is 4.97. The van der Waals surface area contributed by atoms with Crippen molar-refractivity contribution in [1.82, 2.24) is 5.32 Å². The van der Waals surface area contributed by atoms with Gasteiger partial charge in [-0.15, -0.1) is 0 Å². The zero-order valence-corrected chi connectivity index (χ0v) is 12.9. The molecule has 1 aliphatic carbocycles. The van der Waals surface area contributed by atoms with Crippen LogP contribution in [-0.4, -0.2) is 12.2 Å². The van der Waals surface area contributed by atoms with E-state index in [1.807, 2.05) is 0 Å². The summed E-state index contributed by atoms with van der Waals surface area (Å²) in [5, 5.41) is 3.50. The molecule has 1 atom stereocenters. The maximum atomic E-state index is 12.7. The fraction of sp³-hybridized carbons (Fsp3) is 0.647. The number of nitrogens with one attached hydrogen (secondary N) is 1. The number of hydrogen-bond acceptors (Lipinski definition) is 1. The van der Waals surface area contributed by atoms with E-state index in [-0.39, 0.29) is 24.9 Å². The Morgan fingerprint density at radius 3 is 2.24 bits per heavy atom. The molecule has 1 unspecified atom stereocenters. The lowest BCUT2D eigenvalue weighted by Gasteiger charge is -2.32. The molecule has 0 bridgehead atoms. The standard InChI is InChI=1S/C17H24F3N/c1-11-4-9-16(12(2)10-11)13(3)21-15-7-5-14(6-8-15)17(18,19)20/h4,9-10,13-15,21H,5-8H2,1-3H3. The minimum absolute atomic E-state index is 0.179. The van der Waals surface area contributed by atoms with Crippen LogP contribution in [0.5, 0.6) is 0 Å². The minimum atomic E-state index is -4.02. The SMILES string of the molecule is Cc1ccc(C(C)NC2CCC(C(F)(F)F)CC2)c(C)c1. The van der Waals surface area contributed by atoms with E-state index in [2.05, 4.69) is 44.3 Å². The summed E-state index contributed by atoms with van der Waals surface area (Å²) in [4.78, 5) is 0. The van der Waals surface area contributed by atoms with Gasteiger partial charge in [0.05, 0.1) is 5.92 Å². The van der Waals surface area contributed by atoms with Gasteiger partial charge in [0.15, 0.2) is 0 Å². The van der Waals surface area contributed by atoms with Crippen molar-refractivity contribution < 1.29 is 13.2 Å². The number of benzene rings is 1. The highest BCUT2D eigenvalue weighted by molar-refractivity contribution is 5.32. The molecule has 21 heavy (non-hydrogen) atoms. The van der Waals surface area contributed by atoms with Crippen molar-refractivity contribution >= 4 is 0 Å². The lowest BCUT2D eigenvalue weighted by molar-refractivity contribution is -0.182. The van der Waals surface area contributed by atoms with Gasteiger partial charge in [0.2, 0.25) is 0 Å². The normalized spacial score (nSPS) is 24.9. The first-order valence-corrected chi connectivity index (χ1v) is 7.67. The van der Waals surface area contributed by atoms with E-state index >= 15 is 0 Å². The molecule has 2 rings (SSSR count). The van der Waals surface area contributed by atoms with Crippen LogP contribution in [0.2, 0.25) is 0 Å². The predicted molar refractivity (Wildman–Crippen MR) is 79.3 cm³/mol. The number of hydrogen-bond donors (Lipinski definition) is 1. The topological polar surface area (TPSA) is 12.0 Å². The fourth-order valence-electron chi connectivity index (χ4n) is 3.34. The summed E-state index contributed by atoms with van der Waals surface area (Å²) in [5.74, 6) is -1.10. The summed E-state index contributed by atoms with van der Waals surface area (Å²) in [5.41, 5.74) is 3.70. The van der Waals surface area contributed by atoms with Crippen molar-refractivity contribution in [2.75, 3.05) is 0 Å². The third-order valence-electron chi connectivity index (χ3n) is 4.57. The van der Waals surface area contributed by atoms with Crippen LogP contribution >= 0.6 is 0 Å². The highest BCUT2D eigenvalue weighted by atomic mass is 19.4. The lowest BCUT2D eigenvalue weighted by Crippen LogP contribution is -2.38. The first-order valence-electron chi connectivity index (χ1n) is 7.67. The lowest BCUT2D eigenvalue weighted by atomic mass is 9.85. The van der Waals surface area contributed by atoms with Gasteiger partial charge >= 0.3 is 6.18 Å². The van der Waals surface area contributed by atoms with E-state index in [0.717, 1.165) is 0 Å². The molecule has 1 aromatic carbocycles. The molecular formula is C17H24F3N. The minimum Gasteiger partial charge on any atom is -0.307 e. The van der Waals surface area contributed by atoms with Crippen molar-refractivity contribution in [3.8, 4) is 0 Å². The molecule has 0 saturated heterocycles. The average molecular weight is 299 g/mol. The first-order chi connectivity index (χ1) is 9.77. The maximum Gasteiger partial charge on any atom is 0.391 e. The molecule has 1 fully saturated rings. The molecule has 0 radical (unpaired) electrons. The van der Waals surface area contributed by atoms with Gasteiger partial charge in [-0.25, -0.2) is 0 Å². The number of halogens is 3. The number of rotatable bonds is 3. The summed E-state index contributed by atoms with van der Waals surface area (Å²) >= 11 is 0. The van der Waals surface area contributed by atoms with Gasteiger partial charge in [-0.3, -0.25) is 0 Å². The van der Waals surface area contributed by atoms with E-state index in [4.69, 9.17) is 0 Å². The predicted octanol–water partition coefficient (Wildman–Crippen LogP) is 5.08. The van der Waals surface area contributed by atoms with Gasteiger partial charge in [-0.05, 0) is 57.6 Å². The van der Waals surface area contributed by atoms with Crippen LogP contribution in [0.25, 0.3) is 0 Å². The summed E-state index contributed by atoms with van der Waals surface area (Å²) < 4.78 is 38.0. The molecule has 118 valence electrons. The Hall–Kier alpha value is -1.03. The van der Waals surface area contributed by atoms with Gasteiger partial charge in [0.1, 0.15) is 0 Å². The molecule has 0 aliphatic heterocycles. The molecule has 1 aliphatic rings. The summed E-state index contributed by atoms with van der Waals surface area (Å²) in [6, 6.07) is 6.72. The maximum absolute atomic E-state index is 12.7.